The number of hydrogen-bond donors (Lipinski definition) is 1. The summed E-state index contributed by atoms with van der Waals surface area (Å²) in [5.41, 5.74) is 0.812. The summed E-state index contributed by atoms with van der Waals surface area (Å²) in [5, 5.41) is 2.96. The van der Waals surface area contributed by atoms with Gasteiger partial charge in [0, 0.05) is 29.6 Å². The summed E-state index contributed by atoms with van der Waals surface area (Å²) in [6, 6.07) is 15.2. The second-order valence-corrected chi connectivity index (χ2v) is 8.15. The molecule has 1 fully saturated rings. The van der Waals surface area contributed by atoms with Crippen LogP contribution in [0.5, 0.6) is 11.5 Å². The van der Waals surface area contributed by atoms with Gasteiger partial charge in [0.05, 0.1) is 5.75 Å². The van der Waals surface area contributed by atoms with Crippen molar-refractivity contribution in [3.05, 3.63) is 48.5 Å². The zero-order valence-electron chi connectivity index (χ0n) is 16.1. The lowest BCUT2D eigenvalue weighted by Gasteiger charge is -2.31. The summed E-state index contributed by atoms with van der Waals surface area (Å²) in [7, 11) is 0. The highest BCUT2D eigenvalue weighted by Crippen LogP contribution is 2.34. The maximum atomic E-state index is 12.6. The Labute approximate surface area is 174 Å². The molecule has 0 atom stereocenters. The van der Waals surface area contributed by atoms with Crippen LogP contribution in [0.3, 0.4) is 0 Å². The van der Waals surface area contributed by atoms with Crippen molar-refractivity contribution in [3.63, 3.8) is 0 Å². The zero-order chi connectivity index (χ0) is 20.1. The molecule has 0 saturated carbocycles. The Bertz CT molecular complexity index is 866. The van der Waals surface area contributed by atoms with E-state index in [1.54, 1.807) is 0 Å². The van der Waals surface area contributed by atoms with Crippen molar-refractivity contribution in [1.82, 2.24) is 4.90 Å². The summed E-state index contributed by atoms with van der Waals surface area (Å²) in [6.07, 6.45) is 1.39. The number of amides is 2. The van der Waals surface area contributed by atoms with Gasteiger partial charge in [-0.15, -0.1) is 11.8 Å². The number of likely N-dealkylation sites (tertiary alicyclic amines) is 1. The second-order valence-electron chi connectivity index (χ2n) is 7.10. The molecule has 0 bridgehead atoms. The van der Waals surface area contributed by atoms with E-state index in [-0.39, 0.29) is 17.7 Å². The fourth-order valence-corrected chi connectivity index (χ4v) is 4.33. The van der Waals surface area contributed by atoms with Crippen LogP contribution in [-0.2, 0) is 9.59 Å². The summed E-state index contributed by atoms with van der Waals surface area (Å²) < 4.78 is 11.1. The number of anilines is 1. The van der Waals surface area contributed by atoms with Crippen molar-refractivity contribution >= 4 is 29.3 Å². The first-order valence-electron chi connectivity index (χ1n) is 9.85. The van der Waals surface area contributed by atoms with Crippen LogP contribution in [-0.4, -0.2) is 48.8 Å². The molecule has 7 heteroatoms. The molecule has 0 aliphatic carbocycles. The fraction of sp³-hybridized carbons (Fsp3) is 0.364. The molecule has 2 aromatic carbocycles. The van der Waals surface area contributed by atoms with E-state index in [9.17, 15) is 9.59 Å². The predicted molar refractivity (Wildman–Crippen MR) is 113 cm³/mol. The van der Waals surface area contributed by atoms with E-state index in [0.717, 1.165) is 22.1 Å². The Balaban J connectivity index is 1.23. The van der Waals surface area contributed by atoms with E-state index < -0.39 is 0 Å². The largest absolute Gasteiger partial charge is 0.486 e. The van der Waals surface area contributed by atoms with Crippen molar-refractivity contribution in [2.75, 3.05) is 37.4 Å². The van der Waals surface area contributed by atoms with Crippen LogP contribution in [0.15, 0.2) is 53.4 Å². The Hall–Kier alpha value is -2.67. The standard InChI is InChI=1S/C22H24N2O4S/c25-21(15-29-18-6-7-19-20(14-18)28-13-12-27-19)24-10-8-16(9-11-24)22(26)23-17-4-2-1-3-5-17/h1-7,14,16H,8-13,15H2,(H,23,26). The predicted octanol–water partition coefficient (Wildman–Crippen LogP) is 3.43. The molecule has 2 amide bonds. The highest BCUT2D eigenvalue weighted by molar-refractivity contribution is 8.00. The van der Waals surface area contributed by atoms with Crippen LogP contribution in [0, 0.1) is 5.92 Å². The van der Waals surface area contributed by atoms with Gasteiger partial charge >= 0.3 is 0 Å². The number of thioether (sulfide) groups is 1. The molecule has 2 heterocycles. The highest BCUT2D eigenvalue weighted by Gasteiger charge is 2.27. The molecule has 0 spiro atoms. The number of carbonyl (C=O) groups is 2. The summed E-state index contributed by atoms with van der Waals surface area (Å²) in [5.74, 6) is 1.95. The van der Waals surface area contributed by atoms with Crippen molar-refractivity contribution in [3.8, 4) is 11.5 Å². The third-order valence-corrected chi connectivity index (χ3v) is 6.11. The number of fused-ring (bicyclic) bond motifs is 1. The fourth-order valence-electron chi connectivity index (χ4n) is 3.51. The molecule has 1 N–H and O–H groups in total. The number of nitrogens with zero attached hydrogens (tertiary/aromatic N) is 1. The SMILES string of the molecule is O=C(Nc1ccccc1)C1CCN(C(=O)CSc2ccc3c(c2)OCCO3)CC1. The Morgan fingerprint density at radius 3 is 2.48 bits per heavy atom. The first-order valence-corrected chi connectivity index (χ1v) is 10.8. The normalized spacial score (nSPS) is 16.3. The van der Waals surface area contributed by atoms with Gasteiger partial charge in [-0.3, -0.25) is 9.59 Å². The molecule has 4 rings (SSSR count). The summed E-state index contributed by atoms with van der Waals surface area (Å²) in [6.45, 7) is 2.35. The molecule has 0 radical (unpaired) electrons. The van der Waals surface area contributed by atoms with Crippen LogP contribution in [0.4, 0.5) is 5.69 Å². The van der Waals surface area contributed by atoms with Gasteiger partial charge in [0.2, 0.25) is 11.8 Å². The van der Waals surface area contributed by atoms with Gasteiger partial charge in [0.1, 0.15) is 13.2 Å². The van der Waals surface area contributed by atoms with Crippen LogP contribution in [0.2, 0.25) is 0 Å². The van der Waals surface area contributed by atoms with Gasteiger partial charge in [-0.25, -0.2) is 0 Å². The minimum Gasteiger partial charge on any atom is -0.486 e. The quantitative estimate of drug-likeness (QED) is 0.762. The molecule has 152 valence electrons. The van der Waals surface area contributed by atoms with Gasteiger partial charge in [0.25, 0.3) is 0 Å². The van der Waals surface area contributed by atoms with Gasteiger partial charge in [0.15, 0.2) is 11.5 Å². The first kappa shape index (κ1) is 19.6. The van der Waals surface area contributed by atoms with E-state index >= 15 is 0 Å². The minimum atomic E-state index is -0.0512. The lowest BCUT2D eigenvalue weighted by Crippen LogP contribution is -2.42. The van der Waals surface area contributed by atoms with Crippen molar-refractivity contribution in [2.24, 2.45) is 5.92 Å². The average Bonchev–Trinajstić information content (AvgIpc) is 2.78. The second kappa shape index (κ2) is 9.22. The molecular formula is C22H24N2O4S. The van der Waals surface area contributed by atoms with Gasteiger partial charge in [-0.1, -0.05) is 18.2 Å². The lowest BCUT2D eigenvalue weighted by molar-refractivity contribution is -0.132. The van der Waals surface area contributed by atoms with Crippen LogP contribution in [0.1, 0.15) is 12.8 Å². The monoisotopic (exact) mass is 412 g/mol. The molecule has 2 aliphatic rings. The number of benzene rings is 2. The Morgan fingerprint density at radius 1 is 1.00 bits per heavy atom. The Kier molecular flexibility index (Phi) is 6.24. The highest BCUT2D eigenvalue weighted by atomic mass is 32.2. The molecule has 1 saturated heterocycles. The third-order valence-electron chi connectivity index (χ3n) is 5.14. The maximum absolute atomic E-state index is 12.6. The smallest absolute Gasteiger partial charge is 0.232 e. The molecule has 0 aromatic heterocycles. The molecule has 6 nitrogen and oxygen atoms in total. The molecular weight excluding hydrogens is 388 g/mol. The summed E-state index contributed by atoms with van der Waals surface area (Å²) >= 11 is 1.50. The van der Waals surface area contributed by atoms with E-state index in [0.29, 0.717) is 44.9 Å². The molecule has 2 aromatic rings. The van der Waals surface area contributed by atoms with Crippen LogP contribution >= 0.6 is 11.8 Å². The van der Waals surface area contributed by atoms with Gasteiger partial charge in [-0.2, -0.15) is 0 Å². The lowest BCUT2D eigenvalue weighted by atomic mass is 9.96. The third kappa shape index (κ3) is 5.03. The Morgan fingerprint density at radius 2 is 1.72 bits per heavy atom. The van der Waals surface area contributed by atoms with Crippen molar-refractivity contribution in [1.29, 1.82) is 0 Å². The minimum absolute atomic E-state index is 0.0361. The zero-order valence-corrected chi connectivity index (χ0v) is 17.0. The molecule has 0 unspecified atom stereocenters. The van der Waals surface area contributed by atoms with E-state index in [2.05, 4.69) is 5.32 Å². The number of piperidine rings is 1. The number of hydrogen-bond acceptors (Lipinski definition) is 5. The van der Waals surface area contributed by atoms with Crippen LogP contribution in [0.25, 0.3) is 0 Å². The van der Waals surface area contributed by atoms with Crippen molar-refractivity contribution in [2.45, 2.75) is 17.7 Å². The topological polar surface area (TPSA) is 67.9 Å². The van der Waals surface area contributed by atoms with Gasteiger partial charge < -0.3 is 19.7 Å². The maximum Gasteiger partial charge on any atom is 0.232 e. The van der Waals surface area contributed by atoms with E-state index in [1.165, 1.54) is 11.8 Å². The molecule has 2 aliphatic heterocycles. The number of para-hydroxylation sites is 1. The van der Waals surface area contributed by atoms with Crippen LogP contribution < -0.4 is 14.8 Å². The average molecular weight is 413 g/mol. The number of ether oxygens (including phenoxy) is 2. The van der Waals surface area contributed by atoms with Gasteiger partial charge in [-0.05, 0) is 43.2 Å². The number of carbonyl (C=O) groups excluding carboxylic acids is 2. The number of rotatable bonds is 5. The van der Waals surface area contributed by atoms with Crippen molar-refractivity contribution < 1.29 is 19.1 Å². The summed E-state index contributed by atoms with van der Waals surface area (Å²) in [4.78, 5) is 27.9. The molecule has 29 heavy (non-hydrogen) atoms. The van der Waals surface area contributed by atoms with E-state index in [1.807, 2.05) is 53.4 Å². The first-order chi connectivity index (χ1) is 14.2. The van der Waals surface area contributed by atoms with E-state index in [4.69, 9.17) is 9.47 Å². The number of nitrogens with one attached hydrogen (secondary N) is 1.